The lowest BCUT2D eigenvalue weighted by Gasteiger charge is -2.33. The fourth-order valence-corrected chi connectivity index (χ4v) is 6.60. The van der Waals surface area contributed by atoms with Crippen LogP contribution >= 0.6 is 0 Å². The molecule has 4 rings (SSSR count). The molecule has 3 heterocycles. The predicted octanol–water partition coefficient (Wildman–Crippen LogP) is 2.27. The maximum absolute atomic E-state index is 13.9. The van der Waals surface area contributed by atoms with Gasteiger partial charge in [-0.15, -0.1) is 0 Å². The summed E-state index contributed by atoms with van der Waals surface area (Å²) in [6.45, 7) is 6.27. The van der Waals surface area contributed by atoms with Crippen molar-refractivity contribution in [3.8, 4) is 0 Å². The van der Waals surface area contributed by atoms with Gasteiger partial charge < -0.3 is 14.2 Å². The van der Waals surface area contributed by atoms with Gasteiger partial charge in [-0.1, -0.05) is 25.1 Å². The fraction of sp³-hybridized carbons (Fsp3) is 0.435. The summed E-state index contributed by atoms with van der Waals surface area (Å²) in [5.41, 5.74) is -2.54. The average Bonchev–Trinajstić information content (AvgIpc) is 3.39. The van der Waals surface area contributed by atoms with E-state index in [1.807, 2.05) is 0 Å². The molecular weight excluding hydrogens is 432 g/mol. The number of hydrogen-bond acceptors (Lipinski definition) is 6. The molecule has 0 spiro atoms. The maximum atomic E-state index is 13.9. The van der Waals surface area contributed by atoms with Crippen LogP contribution in [0.1, 0.15) is 55.2 Å². The highest BCUT2D eigenvalue weighted by molar-refractivity contribution is 7.91. The van der Waals surface area contributed by atoms with Crippen LogP contribution in [-0.4, -0.2) is 42.9 Å². The molecule has 0 N–H and O–H groups in total. The van der Waals surface area contributed by atoms with Crippen molar-refractivity contribution in [1.82, 2.24) is 9.47 Å². The van der Waals surface area contributed by atoms with Gasteiger partial charge in [0, 0.05) is 30.9 Å². The van der Waals surface area contributed by atoms with Crippen LogP contribution in [0.15, 0.2) is 44.9 Å². The Morgan fingerprint density at radius 3 is 2.38 bits per heavy atom. The van der Waals surface area contributed by atoms with Crippen molar-refractivity contribution in [3.63, 3.8) is 0 Å². The van der Waals surface area contributed by atoms with Crippen LogP contribution in [0.3, 0.4) is 0 Å². The molecule has 1 unspecified atom stereocenters. The first-order chi connectivity index (χ1) is 15.2. The molecule has 32 heavy (non-hydrogen) atoms. The van der Waals surface area contributed by atoms with E-state index in [1.165, 1.54) is 21.6 Å². The van der Waals surface area contributed by atoms with E-state index in [0.29, 0.717) is 38.2 Å². The smallest absolute Gasteiger partial charge is 0.345 e. The minimum atomic E-state index is -4.15. The van der Waals surface area contributed by atoms with Gasteiger partial charge >= 0.3 is 5.97 Å². The summed E-state index contributed by atoms with van der Waals surface area (Å²) < 4.78 is 34.8. The van der Waals surface area contributed by atoms with Gasteiger partial charge in [0.2, 0.25) is 15.4 Å². The van der Waals surface area contributed by atoms with Crippen molar-refractivity contribution >= 4 is 21.7 Å². The van der Waals surface area contributed by atoms with Crippen LogP contribution < -0.4 is 5.56 Å². The van der Waals surface area contributed by atoms with Gasteiger partial charge in [0.15, 0.2) is 0 Å². The van der Waals surface area contributed by atoms with Gasteiger partial charge in [0.1, 0.15) is 10.5 Å². The Morgan fingerprint density at radius 1 is 1.12 bits per heavy atom. The molecular formula is C23H26N2O6S. The zero-order valence-corrected chi connectivity index (χ0v) is 19.2. The van der Waals surface area contributed by atoms with E-state index in [2.05, 4.69) is 0 Å². The summed E-state index contributed by atoms with van der Waals surface area (Å²) in [4.78, 5) is 41.3. The van der Waals surface area contributed by atoms with Crippen LogP contribution in [0.2, 0.25) is 0 Å². The zero-order valence-electron chi connectivity index (χ0n) is 18.4. The minimum Gasteiger partial charge on any atom is -0.440 e. The number of likely N-dealkylation sites (N-methyl/N-ethyl adjacent to an activating group) is 1. The number of carbonyl (C=O) groups is 2. The van der Waals surface area contributed by atoms with Crippen LogP contribution in [0.4, 0.5) is 0 Å². The highest BCUT2D eigenvalue weighted by atomic mass is 32.2. The van der Waals surface area contributed by atoms with Gasteiger partial charge in [0.05, 0.1) is 4.90 Å². The third-order valence-corrected chi connectivity index (χ3v) is 8.28. The van der Waals surface area contributed by atoms with Crippen molar-refractivity contribution < 1.29 is 22.7 Å². The minimum absolute atomic E-state index is 0.0152. The molecule has 1 atom stereocenters. The number of carbonyl (C=O) groups excluding carboxylic acids is 2. The van der Waals surface area contributed by atoms with Crippen molar-refractivity contribution in [2.45, 2.75) is 62.0 Å². The van der Waals surface area contributed by atoms with Gasteiger partial charge in [-0.2, -0.15) is 0 Å². The number of sulfone groups is 1. The lowest BCUT2D eigenvalue weighted by Crippen LogP contribution is -2.47. The molecule has 0 radical (unpaired) electrons. The van der Waals surface area contributed by atoms with Crippen LogP contribution in [0.5, 0.6) is 0 Å². The predicted molar refractivity (Wildman–Crippen MR) is 116 cm³/mol. The number of rotatable bonds is 6. The van der Waals surface area contributed by atoms with Crippen molar-refractivity contribution in [1.29, 1.82) is 0 Å². The van der Waals surface area contributed by atoms with E-state index in [4.69, 9.17) is 4.74 Å². The molecule has 170 valence electrons. The molecule has 2 aliphatic heterocycles. The van der Waals surface area contributed by atoms with E-state index in [0.717, 1.165) is 0 Å². The van der Waals surface area contributed by atoms with Gasteiger partial charge in [-0.3, -0.25) is 9.59 Å². The third-order valence-electron chi connectivity index (χ3n) is 6.41. The Hall–Kier alpha value is -2.94. The Bertz CT molecular complexity index is 1260. The number of esters is 1. The van der Waals surface area contributed by atoms with Gasteiger partial charge in [0.25, 0.3) is 11.5 Å². The summed E-state index contributed by atoms with van der Waals surface area (Å²) in [5, 5.41) is 0. The molecule has 2 aromatic rings. The van der Waals surface area contributed by atoms with Crippen LogP contribution in [0.25, 0.3) is 0 Å². The normalized spacial score (nSPS) is 19.4. The standard InChI is InChI=1S/C23H26N2O6S/c1-4-23(22(28)24(5-2)6-3)18-17(21(27)31-23)20(26)25-14-10-13-16(25)19(18)32(29,30)15-11-8-7-9-12-15/h7-9,11-12H,4-6,10,13-14H2,1-3H3. The molecule has 2 aliphatic rings. The Labute approximate surface area is 186 Å². The third kappa shape index (κ3) is 2.94. The van der Waals surface area contributed by atoms with E-state index < -0.39 is 32.9 Å². The lowest BCUT2D eigenvalue weighted by atomic mass is 9.88. The number of nitrogens with zero attached hydrogens (tertiary/aromatic N) is 2. The lowest BCUT2D eigenvalue weighted by molar-refractivity contribution is -0.152. The number of amides is 1. The molecule has 0 saturated heterocycles. The Balaban J connectivity index is 2.14. The summed E-state index contributed by atoms with van der Waals surface area (Å²) >= 11 is 0. The first kappa shape index (κ1) is 22.3. The second kappa shape index (κ2) is 7.88. The maximum Gasteiger partial charge on any atom is 0.345 e. The first-order valence-corrected chi connectivity index (χ1v) is 12.4. The largest absolute Gasteiger partial charge is 0.440 e. The number of benzene rings is 1. The second-order valence-corrected chi connectivity index (χ2v) is 9.84. The Kier molecular flexibility index (Phi) is 5.48. The summed E-state index contributed by atoms with van der Waals surface area (Å²) in [6.07, 6.45) is 0.951. The molecule has 9 heteroatoms. The molecule has 1 aromatic carbocycles. The van der Waals surface area contributed by atoms with E-state index in [9.17, 15) is 22.8 Å². The molecule has 1 aromatic heterocycles. The molecule has 1 amide bonds. The fourth-order valence-electron chi connectivity index (χ4n) is 4.79. The number of fused-ring (bicyclic) bond motifs is 2. The Morgan fingerprint density at radius 2 is 1.78 bits per heavy atom. The first-order valence-electron chi connectivity index (χ1n) is 10.9. The number of ether oxygens (including phenoxy) is 1. The zero-order chi connectivity index (χ0) is 23.3. The quantitative estimate of drug-likeness (QED) is 0.616. The highest BCUT2D eigenvalue weighted by Gasteiger charge is 2.57. The molecule has 0 bridgehead atoms. The van der Waals surface area contributed by atoms with Gasteiger partial charge in [-0.05, 0) is 45.2 Å². The second-order valence-electron chi connectivity index (χ2n) is 7.95. The molecule has 0 saturated carbocycles. The topological polar surface area (TPSA) is 103 Å². The highest BCUT2D eigenvalue weighted by Crippen LogP contribution is 2.46. The van der Waals surface area contributed by atoms with Crippen LogP contribution in [-0.2, 0) is 37.9 Å². The monoisotopic (exact) mass is 458 g/mol. The van der Waals surface area contributed by atoms with Crippen molar-refractivity contribution in [2.75, 3.05) is 13.1 Å². The van der Waals surface area contributed by atoms with E-state index >= 15 is 0 Å². The number of hydrogen-bond donors (Lipinski definition) is 0. The SMILES string of the molecule is CCN(CC)C(=O)C1(CC)OC(=O)c2c1c(S(=O)(=O)c1ccccc1)c1n(c2=O)CCC1. The number of cyclic esters (lactones) is 1. The molecule has 8 nitrogen and oxygen atoms in total. The van der Waals surface area contributed by atoms with Gasteiger partial charge in [-0.25, -0.2) is 13.2 Å². The molecule has 0 fully saturated rings. The van der Waals surface area contributed by atoms with E-state index in [1.54, 1.807) is 39.0 Å². The van der Waals surface area contributed by atoms with Crippen LogP contribution in [0, 0.1) is 0 Å². The van der Waals surface area contributed by atoms with E-state index in [-0.39, 0.29) is 27.3 Å². The summed E-state index contributed by atoms with van der Waals surface area (Å²) in [5.74, 6) is -1.46. The number of aromatic nitrogens is 1. The number of pyridine rings is 1. The average molecular weight is 459 g/mol. The summed E-state index contributed by atoms with van der Waals surface area (Å²) in [7, 11) is -4.15. The molecule has 0 aliphatic carbocycles. The summed E-state index contributed by atoms with van der Waals surface area (Å²) in [6, 6.07) is 7.86. The van der Waals surface area contributed by atoms with Crippen molar-refractivity contribution in [3.05, 3.63) is 57.5 Å². The van der Waals surface area contributed by atoms with Crippen molar-refractivity contribution in [2.24, 2.45) is 0 Å².